The standard InChI is InChI=1S/C16H23N3O3/c1-2-18-5-7-19(8-6-18)11-16(20)17-10-13-3-4-14-15(9-13)22-12-21-14/h3-4,9H,2,5-8,10-12H2,1H3,(H,17,20). The van der Waals surface area contributed by atoms with Crippen molar-refractivity contribution < 1.29 is 14.3 Å². The first-order valence-electron chi connectivity index (χ1n) is 7.84. The number of carbonyl (C=O) groups is 1. The molecule has 1 N–H and O–H groups in total. The van der Waals surface area contributed by atoms with Crippen LogP contribution in [0.5, 0.6) is 11.5 Å². The fraction of sp³-hybridized carbons (Fsp3) is 0.562. The van der Waals surface area contributed by atoms with E-state index >= 15 is 0 Å². The first kappa shape index (κ1) is 15.1. The number of carbonyl (C=O) groups excluding carboxylic acids is 1. The maximum Gasteiger partial charge on any atom is 0.234 e. The van der Waals surface area contributed by atoms with E-state index in [2.05, 4.69) is 22.0 Å². The monoisotopic (exact) mass is 305 g/mol. The molecule has 6 heteroatoms. The molecule has 0 aromatic heterocycles. The van der Waals surface area contributed by atoms with E-state index in [4.69, 9.17) is 9.47 Å². The third kappa shape index (κ3) is 3.69. The molecule has 0 atom stereocenters. The molecule has 1 aromatic carbocycles. The Morgan fingerprint density at radius 1 is 1.14 bits per heavy atom. The normalized spacial score (nSPS) is 18.4. The van der Waals surface area contributed by atoms with Crippen molar-refractivity contribution in [1.82, 2.24) is 15.1 Å². The Balaban J connectivity index is 1.43. The van der Waals surface area contributed by atoms with Crippen LogP contribution >= 0.6 is 0 Å². The fourth-order valence-corrected chi connectivity index (χ4v) is 2.77. The number of benzene rings is 1. The van der Waals surface area contributed by atoms with Gasteiger partial charge in [-0.05, 0) is 24.2 Å². The fourth-order valence-electron chi connectivity index (χ4n) is 2.77. The molecule has 1 fully saturated rings. The van der Waals surface area contributed by atoms with E-state index in [1.165, 1.54) is 0 Å². The third-order valence-electron chi connectivity index (χ3n) is 4.21. The zero-order valence-electron chi connectivity index (χ0n) is 13.0. The molecule has 6 nitrogen and oxygen atoms in total. The Labute approximate surface area is 131 Å². The van der Waals surface area contributed by atoms with E-state index < -0.39 is 0 Å². The Hall–Kier alpha value is -1.79. The number of nitrogens with zero attached hydrogens (tertiary/aromatic N) is 2. The largest absolute Gasteiger partial charge is 0.454 e. The van der Waals surface area contributed by atoms with Gasteiger partial charge in [-0.3, -0.25) is 9.69 Å². The number of hydrogen-bond donors (Lipinski definition) is 1. The average molecular weight is 305 g/mol. The lowest BCUT2D eigenvalue weighted by Gasteiger charge is -2.33. The smallest absolute Gasteiger partial charge is 0.234 e. The van der Waals surface area contributed by atoms with Gasteiger partial charge in [0.1, 0.15) is 0 Å². The molecule has 0 spiro atoms. The minimum atomic E-state index is 0.0719. The van der Waals surface area contributed by atoms with E-state index in [0.29, 0.717) is 13.1 Å². The predicted molar refractivity (Wildman–Crippen MR) is 83.0 cm³/mol. The van der Waals surface area contributed by atoms with Crippen molar-refractivity contribution >= 4 is 5.91 Å². The molecule has 1 aromatic rings. The van der Waals surface area contributed by atoms with Gasteiger partial charge in [-0.15, -0.1) is 0 Å². The van der Waals surface area contributed by atoms with Gasteiger partial charge in [-0.1, -0.05) is 13.0 Å². The van der Waals surface area contributed by atoms with Crippen LogP contribution in [-0.2, 0) is 11.3 Å². The summed E-state index contributed by atoms with van der Waals surface area (Å²) >= 11 is 0. The van der Waals surface area contributed by atoms with Crippen LogP contribution in [0.1, 0.15) is 12.5 Å². The molecule has 1 amide bonds. The van der Waals surface area contributed by atoms with Gasteiger partial charge in [0.05, 0.1) is 6.54 Å². The average Bonchev–Trinajstić information content (AvgIpc) is 3.01. The van der Waals surface area contributed by atoms with E-state index in [-0.39, 0.29) is 12.7 Å². The zero-order valence-corrected chi connectivity index (χ0v) is 13.0. The van der Waals surface area contributed by atoms with Gasteiger partial charge in [0.15, 0.2) is 11.5 Å². The minimum Gasteiger partial charge on any atom is -0.454 e. The molecular weight excluding hydrogens is 282 g/mol. The summed E-state index contributed by atoms with van der Waals surface area (Å²) in [5, 5.41) is 2.97. The highest BCUT2D eigenvalue weighted by Crippen LogP contribution is 2.32. The minimum absolute atomic E-state index is 0.0719. The summed E-state index contributed by atoms with van der Waals surface area (Å²) in [4.78, 5) is 16.7. The molecule has 1 saturated heterocycles. The summed E-state index contributed by atoms with van der Waals surface area (Å²) in [5.74, 6) is 1.59. The first-order valence-corrected chi connectivity index (χ1v) is 7.84. The molecule has 0 aliphatic carbocycles. The maximum absolute atomic E-state index is 12.0. The van der Waals surface area contributed by atoms with E-state index in [9.17, 15) is 4.79 Å². The lowest BCUT2D eigenvalue weighted by molar-refractivity contribution is -0.122. The summed E-state index contributed by atoms with van der Waals surface area (Å²) in [7, 11) is 0. The van der Waals surface area contributed by atoms with Crippen molar-refractivity contribution in [1.29, 1.82) is 0 Å². The molecule has 22 heavy (non-hydrogen) atoms. The molecule has 0 saturated carbocycles. The van der Waals surface area contributed by atoms with Crippen LogP contribution in [0.3, 0.4) is 0 Å². The van der Waals surface area contributed by atoms with Crippen LogP contribution in [0, 0.1) is 0 Å². The molecule has 0 unspecified atom stereocenters. The number of nitrogens with one attached hydrogen (secondary N) is 1. The van der Waals surface area contributed by atoms with Crippen molar-refractivity contribution in [2.45, 2.75) is 13.5 Å². The Morgan fingerprint density at radius 3 is 2.64 bits per heavy atom. The second kappa shape index (κ2) is 6.98. The van der Waals surface area contributed by atoms with Crippen LogP contribution in [0.4, 0.5) is 0 Å². The lowest BCUT2D eigenvalue weighted by Crippen LogP contribution is -2.49. The van der Waals surface area contributed by atoms with Crippen molar-refractivity contribution in [3.05, 3.63) is 23.8 Å². The third-order valence-corrected chi connectivity index (χ3v) is 4.21. The Morgan fingerprint density at radius 2 is 1.86 bits per heavy atom. The van der Waals surface area contributed by atoms with Crippen molar-refractivity contribution in [2.24, 2.45) is 0 Å². The SMILES string of the molecule is CCN1CCN(CC(=O)NCc2ccc3c(c2)OCO3)CC1. The van der Waals surface area contributed by atoms with Crippen LogP contribution in [0.2, 0.25) is 0 Å². The predicted octanol–water partition coefficient (Wildman–Crippen LogP) is 0.669. The number of piperazine rings is 1. The zero-order chi connectivity index (χ0) is 15.4. The van der Waals surface area contributed by atoms with Gasteiger partial charge in [-0.25, -0.2) is 0 Å². The molecule has 3 rings (SSSR count). The van der Waals surface area contributed by atoms with Gasteiger partial charge in [0, 0.05) is 32.7 Å². The molecule has 2 heterocycles. The van der Waals surface area contributed by atoms with Gasteiger partial charge >= 0.3 is 0 Å². The second-order valence-electron chi connectivity index (χ2n) is 5.67. The van der Waals surface area contributed by atoms with Gasteiger partial charge in [0.2, 0.25) is 12.7 Å². The topological polar surface area (TPSA) is 54.0 Å². The highest BCUT2D eigenvalue weighted by Gasteiger charge is 2.18. The van der Waals surface area contributed by atoms with Crippen LogP contribution in [0.15, 0.2) is 18.2 Å². The van der Waals surface area contributed by atoms with Gasteiger partial charge < -0.3 is 19.7 Å². The quantitative estimate of drug-likeness (QED) is 0.866. The molecule has 0 radical (unpaired) electrons. The molecule has 2 aliphatic heterocycles. The summed E-state index contributed by atoms with van der Waals surface area (Å²) in [5.41, 5.74) is 1.02. The lowest BCUT2D eigenvalue weighted by atomic mass is 10.2. The summed E-state index contributed by atoms with van der Waals surface area (Å²) < 4.78 is 10.6. The number of hydrogen-bond acceptors (Lipinski definition) is 5. The summed E-state index contributed by atoms with van der Waals surface area (Å²) in [6, 6.07) is 5.75. The number of likely N-dealkylation sites (N-methyl/N-ethyl adjacent to an activating group) is 1. The molecule has 2 aliphatic rings. The van der Waals surface area contributed by atoms with Gasteiger partial charge in [0.25, 0.3) is 0 Å². The molecule has 0 bridgehead atoms. The van der Waals surface area contributed by atoms with Gasteiger partial charge in [-0.2, -0.15) is 0 Å². The van der Waals surface area contributed by atoms with Crippen molar-refractivity contribution in [2.75, 3.05) is 46.1 Å². The Kier molecular flexibility index (Phi) is 4.80. The highest BCUT2D eigenvalue weighted by molar-refractivity contribution is 5.78. The summed E-state index contributed by atoms with van der Waals surface area (Å²) in [6.45, 7) is 8.55. The van der Waals surface area contributed by atoms with Crippen molar-refractivity contribution in [3.63, 3.8) is 0 Å². The van der Waals surface area contributed by atoms with Crippen LogP contribution in [-0.4, -0.2) is 61.8 Å². The molecular formula is C16H23N3O3. The van der Waals surface area contributed by atoms with Crippen molar-refractivity contribution in [3.8, 4) is 11.5 Å². The highest BCUT2D eigenvalue weighted by atomic mass is 16.7. The Bertz CT molecular complexity index is 527. The van der Waals surface area contributed by atoms with Crippen LogP contribution < -0.4 is 14.8 Å². The first-order chi connectivity index (χ1) is 10.7. The summed E-state index contributed by atoms with van der Waals surface area (Å²) in [6.07, 6.45) is 0. The maximum atomic E-state index is 12.0. The molecule has 120 valence electrons. The number of rotatable bonds is 5. The van der Waals surface area contributed by atoms with Crippen LogP contribution in [0.25, 0.3) is 0 Å². The van der Waals surface area contributed by atoms with E-state index in [1.54, 1.807) is 0 Å². The van der Waals surface area contributed by atoms with E-state index in [0.717, 1.165) is 49.8 Å². The number of amides is 1. The number of fused-ring (bicyclic) bond motifs is 1. The van der Waals surface area contributed by atoms with E-state index in [1.807, 2.05) is 18.2 Å². The second-order valence-corrected chi connectivity index (χ2v) is 5.67. The number of ether oxygens (including phenoxy) is 2.